The molecular weight excluding hydrogens is 188 g/mol. The molecular formula is C8H8N2O2S. The lowest BCUT2D eigenvalue weighted by Gasteiger charge is -2.11. The summed E-state index contributed by atoms with van der Waals surface area (Å²) in [6.45, 7) is 0. The number of anilines is 1. The Balaban J connectivity index is 3.16. The van der Waals surface area contributed by atoms with Gasteiger partial charge in [-0.15, -0.1) is 0 Å². The van der Waals surface area contributed by atoms with Crippen LogP contribution in [0, 0.1) is 11.5 Å². The van der Waals surface area contributed by atoms with Crippen LogP contribution in [0.4, 0.5) is 5.69 Å². The molecule has 0 amide bonds. The van der Waals surface area contributed by atoms with Crippen molar-refractivity contribution >= 4 is 15.7 Å². The fourth-order valence-corrected chi connectivity index (χ4v) is 1.54. The predicted molar refractivity (Wildman–Crippen MR) is 49.4 cm³/mol. The minimum absolute atomic E-state index is 0.354. The highest BCUT2D eigenvalue weighted by Crippen LogP contribution is 2.14. The summed E-state index contributed by atoms with van der Waals surface area (Å²) in [4.78, 5) is 0. The smallest absolute Gasteiger partial charge is 0.206 e. The maximum absolute atomic E-state index is 11.1. The van der Waals surface area contributed by atoms with Crippen molar-refractivity contribution in [2.45, 2.75) is 0 Å². The molecule has 0 bridgehead atoms. The van der Waals surface area contributed by atoms with E-state index in [-0.39, 0.29) is 0 Å². The van der Waals surface area contributed by atoms with E-state index in [0.29, 0.717) is 9.99 Å². The number of hydrogen-bond acceptors (Lipinski definition) is 3. The van der Waals surface area contributed by atoms with E-state index in [1.54, 1.807) is 36.5 Å². The number of hydrogen-bond donors (Lipinski definition) is 0. The molecule has 68 valence electrons. The average molecular weight is 196 g/mol. The molecule has 4 nitrogen and oxygen atoms in total. The molecule has 0 saturated heterocycles. The van der Waals surface area contributed by atoms with E-state index < -0.39 is 10.0 Å². The van der Waals surface area contributed by atoms with E-state index in [9.17, 15) is 8.42 Å². The van der Waals surface area contributed by atoms with Gasteiger partial charge in [0.15, 0.2) is 6.19 Å². The molecule has 5 heteroatoms. The summed E-state index contributed by atoms with van der Waals surface area (Å²) in [7, 11) is -3.50. The Kier molecular flexibility index (Phi) is 2.54. The second kappa shape index (κ2) is 3.46. The van der Waals surface area contributed by atoms with Gasteiger partial charge in [-0.05, 0) is 12.1 Å². The van der Waals surface area contributed by atoms with Crippen LogP contribution in [-0.4, -0.2) is 14.7 Å². The summed E-state index contributed by atoms with van der Waals surface area (Å²) in [5.74, 6) is 0. The highest BCUT2D eigenvalue weighted by Gasteiger charge is 2.15. The van der Waals surface area contributed by atoms with Gasteiger partial charge < -0.3 is 0 Å². The molecule has 0 aliphatic carbocycles. The van der Waals surface area contributed by atoms with Gasteiger partial charge in [-0.2, -0.15) is 9.57 Å². The van der Waals surface area contributed by atoms with Gasteiger partial charge in [0.2, 0.25) is 10.0 Å². The first kappa shape index (κ1) is 9.55. The van der Waals surface area contributed by atoms with Crippen LogP contribution < -0.4 is 4.31 Å². The Morgan fingerprint density at radius 3 is 2.23 bits per heavy atom. The Bertz CT molecular complexity index is 419. The van der Waals surface area contributed by atoms with Crippen molar-refractivity contribution < 1.29 is 8.42 Å². The lowest BCUT2D eigenvalue weighted by atomic mass is 10.3. The van der Waals surface area contributed by atoms with Crippen LogP contribution in [0.1, 0.15) is 0 Å². The first-order chi connectivity index (χ1) is 6.05. The highest BCUT2D eigenvalue weighted by molar-refractivity contribution is 7.92. The van der Waals surface area contributed by atoms with Crippen molar-refractivity contribution in [3.8, 4) is 6.19 Å². The lowest BCUT2D eigenvalue weighted by Crippen LogP contribution is -2.23. The van der Waals surface area contributed by atoms with Crippen LogP contribution in [0.5, 0.6) is 0 Å². The second-order valence-electron chi connectivity index (χ2n) is 2.46. The predicted octanol–water partition coefficient (Wildman–Crippen LogP) is 0.934. The number of para-hydroxylation sites is 1. The Labute approximate surface area is 77.1 Å². The van der Waals surface area contributed by atoms with E-state index in [2.05, 4.69) is 0 Å². The maximum atomic E-state index is 11.1. The van der Waals surface area contributed by atoms with Crippen molar-refractivity contribution in [2.75, 3.05) is 10.6 Å². The highest BCUT2D eigenvalue weighted by atomic mass is 32.2. The van der Waals surface area contributed by atoms with E-state index in [1.165, 1.54) is 0 Å². The van der Waals surface area contributed by atoms with Crippen molar-refractivity contribution in [3.05, 3.63) is 30.3 Å². The summed E-state index contributed by atoms with van der Waals surface area (Å²) in [5, 5.41) is 8.61. The molecule has 13 heavy (non-hydrogen) atoms. The van der Waals surface area contributed by atoms with E-state index in [1.807, 2.05) is 0 Å². The van der Waals surface area contributed by atoms with Gasteiger partial charge in [0, 0.05) is 0 Å². The summed E-state index contributed by atoms with van der Waals surface area (Å²) >= 11 is 0. The first-order valence-electron chi connectivity index (χ1n) is 3.51. The topological polar surface area (TPSA) is 61.2 Å². The van der Waals surface area contributed by atoms with Gasteiger partial charge in [-0.1, -0.05) is 18.2 Å². The van der Waals surface area contributed by atoms with Gasteiger partial charge >= 0.3 is 0 Å². The molecule has 0 aromatic heterocycles. The minimum atomic E-state index is -3.50. The molecule has 0 heterocycles. The molecule has 0 radical (unpaired) electrons. The molecule has 0 aliphatic rings. The van der Waals surface area contributed by atoms with Gasteiger partial charge in [-0.3, -0.25) is 0 Å². The summed E-state index contributed by atoms with van der Waals surface area (Å²) in [6.07, 6.45) is 2.59. The van der Waals surface area contributed by atoms with Crippen LogP contribution in [0.2, 0.25) is 0 Å². The maximum Gasteiger partial charge on any atom is 0.244 e. The third-order valence-corrected chi connectivity index (χ3v) is 2.37. The first-order valence-corrected chi connectivity index (χ1v) is 5.35. The third kappa shape index (κ3) is 2.20. The molecule has 0 atom stereocenters. The Hall–Kier alpha value is -1.54. The zero-order valence-electron chi connectivity index (χ0n) is 7.01. The van der Waals surface area contributed by atoms with Crippen molar-refractivity contribution in [2.24, 2.45) is 0 Å². The van der Waals surface area contributed by atoms with Crippen LogP contribution in [0.3, 0.4) is 0 Å². The van der Waals surface area contributed by atoms with E-state index >= 15 is 0 Å². The largest absolute Gasteiger partial charge is 0.244 e. The molecule has 0 aliphatic heterocycles. The molecule has 0 saturated carbocycles. The van der Waals surface area contributed by atoms with Crippen LogP contribution >= 0.6 is 0 Å². The zero-order chi connectivity index (χ0) is 9.90. The molecule has 1 rings (SSSR count). The van der Waals surface area contributed by atoms with Crippen molar-refractivity contribution in [3.63, 3.8) is 0 Å². The van der Waals surface area contributed by atoms with Crippen LogP contribution in [-0.2, 0) is 10.0 Å². The van der Waals surface area contributed by atoms with E-state index in [4.69, 9.17) is 5.26 Å². The van der Waals surface area contributed by atoms with Crippen molar-refractivity contribution in [1.29, 1.82) is 5.26 Å². The van der Waals surface area contributed by atoms with Crippen LogP contribution in [0.25, 0.3) is 0 Å². The fraction of sp³-hybridized carbons (Fsp3) is 0.125. The number of nitriles is 1. The van der Waals surface area contributed by atoms with Crippen LogP contribution in [0.15, 0.2) is 30.3 Å². The standard InChI is InChI=1S/C8H8N2O2S/c1-13(11,12)10(7-9)8-5-3-2-4-6-8/h2-6H,1H3. The minimum Gasteiger partial charge on any atom is -0.206 e. The quantitative estimate of drug-likeness (QED) is 0.522. The molecule has 0 fully saturated rings. The summed E-state index contributed by atoms with van der Waals surface area (Å²) in [6, 6.07) is 8.21. The molecule has 1 aromatic rings. The number of nitrogens with zero attached hydrogens (tertiary/aromatic N) is 2. The molecule has 0 N–H and O–H groups in total. The van der Waals surface area contributed by atoms with Crippen molar-refractivity contribution in [1.82, 2.24) is 0 Å². The molecule has 0 spiro atoms. The van der Waals surface area contributed by atoms with Gasteiger partial charge in [0.05, 0.1) is 11.9 Å². The van der Waals surface area contributed by atoms with Gasteiger partial charge in [0.25, 0.3) is 0 Å². The number of sulfonamides is 1. The third-order valence-electron chi connectivity index (χ3n) is 1.41. The van der Waals surface area contributed by atoms with E-state index in [0.717, 1.165) is 6.26 Å². The lowest BCUT2D eigenvalue weighted by molar-refractivity contribution is 0.602. The SMILES string of the molecule is CS(=O)(=O)N(C#N)c1ccccc1. The second-order valence-corrected chi connectivity index (χ2v) is 4.29. The number of benzene rings is 1. The Morgan fingerprint density at radius 2 is 1.85 bits per heavy atom. The Morgan fingerprint density at radius 1 is 1.31 bits per heavy atom. The van der Waals surface area contributed by atoms with Gasteiger partial charge in [-0.25, -0.2) is 8.42 Å². The fourth-order valence-electron chi connectivity index (χ4n) is 0.887. The summed E-state index contributed by atoms with van der Waals surface area (Å²) in [5.41, 5.74) is 0.354. The monoisotopic (exact) mass is 196 g/mol. The molecule has 1 aromatic carbocycles. The zero-order valence-corrected chi connectivity index (χ0v) is 7.82. The normalized spacial score (nSPS) is 10.5. The van der Waals surface area contributed by atoms with Gasteiger partial charge in [0.1, 0.15) is 0 Å². The average Bonchev–Trinajstić information content (AvgIpc) is 2.05. The number of rotatable bonds is 2. The summed E-state index contributed by atoms with van der Waals surface area (Å²) < 4.78 is 22.8. The molecule has 0 unspecified atom stereocenters.